The quantitative estimate of drug-likeness (QED) is 0.822. The van der Waals surface area contributed by atoms with Crippen LogP contribution in [0.1, 0.15) is 26.3 Å². The molecule has 4 heteroatoms. The Hall–Kier alpha value is -1.71. The number of carbonyl (C=O) groups excluding carboxylic acids is 1. The van der Waals surface area contributed by atoms with Crippen molar-refractivity contribution in [2.24, 2.45) is 0 Å². The molecule has 0 atom stereocenters. The molecule has 1 N–H and O–H groups in total. The molecule has 0 amide bonds. The first kappa shape index (κ1) is 13.4. The van der Waals surface area contributed by atoms with Crippen molar-refractivity contribution in [3.05, 3.63) is 23.8 Å². The number of rotatable bonds is 3. The first-order chi connectivity index (χ1) is 7.79. The largest absolute Gasteiger partial charge is 0.504 e. The first-order valence-electron chi connectivity index (χ1n) is 5.43. The van der Waals surface area contributed by atoms with E-state index in [2.05, 4.69) is 0 Å². The van der Waals surface area contributed by atoms with E-state index in [0.717, 1.165) is 0 Å². The molecule has 1 rings (SSSR count). The number of esters is 1. The number of phenolic OH excluding ortho intramolecular Hbond substituents is 1. The van der Waals surface area contributed by atoms with Crippen LogP contribution in [0.3, 0.4) is 0 Å². The summed E-state index contributed by atoms with van der Waals surface area (Å²) in [5, 5.41) is 9.67. The van der Waals surface area contributed by atoms with Crippen LogP contribution in [0.15, 0.2) is 18.2 Å². The number of hydrogen-bond acceptors (Lipinski definition) is 4. The zero-order valence-corrected chi connectivity index (χ0v) is 10.6. The number of aromatic hydroxyl groups is 1. The van der Waals surface area contributed by atoms with Crippen LogP contribution >= 0.6 is 0 Å². The van der Waals surface area contributed by atoms with Crippen molar-refractivity contribution < 1.29 is 19.4 Å². The molecule has 94 valence electrons. The van der Waals surface area contributed by atoms with Gasteiger partial charge in [-0.25, -0.2) is 4.79 Å². The van der Waals surface area contributed by atoms with E-state index in [1.54, 1.807) is 45.9 Å². The Bertz CT molecular complexity index is 404. The van der Waals surface area contributed by atoms with Gasteiger partial charge in [-0.15, -0.1) is 0 Å². The third kappa shape index (κ3) is 4.34. The molecule has 1 aromatic rings. The Balaban J connectivity index is 2.56. The van der Waals surface area contributed by atoms with Crippen LogP contribution in [0, 0.1) is 6.92 Å². The zero-order chi connectivity index (χ0) is 13.1. The molecule has 0 unspecified atom stereocenters. The van der Waals surface area contributed by atoms with Crippen molar-refractivity contribution >= 4 is 5.97 Å². The molecule has 0 aliphatic carbocycles. The predicted octanol–water partition coefficient (Wildman–Crippen LogP) is 2.42. The molecule has 4 nitrogen and oxygen atoms in total. The maximum Gasteiger partial charge on any atom is 0.344 e. The summed E-state index contributed by atoms with van der Waals surface area (Å²) < 4.78 is 10.3. The molecule has 0 aromatic heterocycles. The summed E-state index contributed by atoms with van der Waals surface area (Å²) in [4.78, 5) is 11.4. The monoisotopic (exact) mass is 238 g/mol. The van der Waals surface area contributed by atoms with E-state index in [0.29, 0.717) is 5.56 Å². The molecule has 0 saturated heterocycles. The highest BCUT2D eigenvalue weighted by Crippen LogP contribution is 2.28. The molecule has 0 aliphatic rings. The molecule has 0 aliphatic heterocycles. The van der Waals surface area contributed by atoms with Gasteiger partial charge in [0.05, 0.1) is 0 Å². The van der Waals surface area contributed by atoms with Gasteiger partial charge >= 0.3 is 5.97 Å². The van der Waals surface area contributed by atoms with Crippen LogP contribution in [-0.2, 0) is 9.53 Å². The standard InChI is InChI=1S/C13H18O4/c1-9-6-5-7-10(12(9)15)16-8-11(14)17-13(2,3)4/h5-7,15H,8H2,1-4H3. The van der Waals surface area contributed by atoms with Crippen molar-refractivity contribution in [2.75, 3.05) is 6.61 Å². The van der Waals surface area contributed by atoms with Crippen LogP contribution in [-0.4, -0.2) is 23.3 Å². The van der Waals surface area contributed by atoms with E-state index >= 15 is 0 Å². The van der Waals surface area contributed by atoms with E-state index in [1.807, 2.05) is 0 Å². The molecule has 17 heavy (non-hydrogen) atoms. The fourth-order valence-corrected chi connectivity index (χ4v) is 1.26. The van der Waals surface area contributed by atoms with E-state index in [9.17, 15) is 9.90 Å². The third-order valence-electron chi connectivity index (χ3n) is 1.97. The normalized spacial score (nSPS) is 11.1. The van der Waals surface area contributed by atoms with E-state index in [4.69, 9.17) is 9.47 Å². The lowest BCUT2D eigenvalue weighted by Gasteiger charge is -2.19. The van der Waals surface area contributed by atoms with Crippen LogP contribution in [0.2, 0.25) is 0 Å². The summed E-state index contributed by atoms with van der Waals surface area (Å²) in [7, 11) is 0. The maximum absolute atomic E-state index is 11.4. The van der Waals surface area contributed by atoms with Gasteiger partial charge in [0.1, 0.15) is 5.60 Å². The van der Waals surface area contributed by atoms with Gasteiger partial charge in [-0.1, -0.05) is 12.1 Å². The minimum Gasteiger partial charge on any atom is -0.504 e. The number of carbonyl (C=O) groups is 1. The minimum absolute atomic E-state index is 0.0519. The third-order valence-corrected chi connectivity index (χ3v) is 1.97. The molecule has 0 spiro atoms. The number of ether oxygens (including phenoxy) is 2. The Labute approximate surface area is 101 Å². The molecular weight excluding hydrogens is 220 g/mol. The van der Waals surface area contributed by atoms with Gasteiger partial charge in [0.25, 0.3) is 0 Å². The fraction of sp³-hybridized carbons (Fsp3) is 0.462. The van der Waals surface area contributed by atoms with Crippen LogP contribution < -0.4 is 4.74 Å². The van der Waals surface area contributed by atoms with Gasteiger partial charge in [-0.3, -0.25) is 0 Å². The number of phenols is 1. The van der Waals surface area contributed by atoms with E-state index < -0.39 is 11.6 Å². The SMILES string of the molecule is Cc1cccc(OCC(=O)OC(C)(C)C)c1O. The molecule has 0 fully saturated rings. The highest BCUT2D eigenvalue weighted by Gasteiger charge is 2.17. The molecular formula is C13H18O4. The highest BCUT2D eigenvalue weighted by molar-refractivity contribution is 5.71. The topological polar surface area (TPSA) is 55.8 Å². The first-order valence-corrected chi connectivity index (χ1v) is 5.43. The van der Waals surface area contributed by atoms with Gasteiger partial charge in [0.2, 0.25) is 0 Å². The lowest BCUT2D eigenvalue weighted by molar-refractivity contribution is -0.157. The second-order valence-corrected chi connectivity index (χ2v) is 4.80. The Kier molecular flexibility index (Phi) is 3.99. The summed E-state index contributed by atoms with van der Waals surface area (Å²) in [5.41, 5.74) is 0.168. The van der Waals surface area contributed by atoms with Gasteiger partial charge in [0, 0.05) is 0 Å². The van der Waals surface area contributed by atoms with E-state index in [1.165, 1.54) is 0 Å². The van der Waals surface area contributed by atoms with Crippen LogP contribution in [0.5, 0.6) is 11.5 Å². The Morgan fingerprint density at radius 1 is 1.35 bits per heavy atom. The van der Waals surface area contributed by atoms with Crippen molar-refractivity contribution in [3.8, 4) is 11.5 Å². The van der Waals surface area contributed by atoms with Crippen molar-refractivity contribution in [1.82, 2.24) is 0 Å². The summed E-state index contributed by atoms with van der Waals surface area (Å²) >= 11 is 0. The van der Waals surface area contributed by atoms with Crippen LogP contribution in [0.25, 0.3) is 0 Å². The predicted molar refractivity (Wildman–Crippen MR) is 64.2 cm³/mol. The van der Waals surface area contributed by atoms with Crippen molar-refractivity contribution in [2.45, 2.75) is 33.3 Å². The Morgan fingerprint density at radius 3 is 2.59 bits per heavy atom. The molecule has 0 bridgehead atoms. The summed E-state index contributed by atoms with van der Waals surface area (Å²) in [6.07, 6.45) is 0. The lowest BCUT2D eigenvalue weighted by Crippen LogP contribution is -2.27. The fourth-order valence-electron chi connectivity index (χ4n) is 1.26. The van der Waals surface area contributed by atoms with Crippen molar-refractivity contribution in [3.63, 3.8) is 0 Å². The zero-order valence-electron chi connectivity index (χ0n) is 10.6. The summed E-state index contributed by atoms with van der Waals surface area (Å²) in [6.45, 7) is 6.91. The van der Waals surface area contributed by atoms with Gasteiger partial charge in [0.15, 0.2) is 18.1 Å². The summed E-state index contributed by atoms with van der Waals surface area (Å²) in [5.74, 6) is -0.120. The number of para-hydroxylation sites is 1. The van der Waals surface area contributed by atoms with Gasteiger partial charge in [-0.2, -0.15) is 0 Å². The van der Waals surface area contributed by atoms with Crippen molar-refractivity contribution in [1.29, 1.82) is 0 Å². The van der Waals surface area contributed by atoms with Gasteiger partial charge in [-0.05, 0) is 39.3 Å². The molecule has 0 heterocycles. The second kappa shape index (κ2) is 5.08. The van der Waals surface area contributed by atoms with Gasteiger partial charge < -0.3 is 14.6 Å². The second-order valence-electron chi connectivity index (χ2n) is 4.80. The Morgan fingerprint density at radius 2 is 2.00 bits per heavy atom. The average Bonchev–Trinajstić information content (AvgIpc) is 2.18. The minimum atomic E-state index is -0.533. The lowest BCUT2D eigenvalue weighted by atomic mass is 10.2. The number of aryl methyl sites for hydroxylation is 1. The smallest absolute Gasteiger partial charge is 0.344 e. The average molecular weight is 238 g/mol. The number of benzene rings is 1. The highest BCUT2D eigenvalue weighted by atomic mass is 16.6. The van der Waals surface area contributed by atoms with E-state index in [-0.39, 0.29) is 18.1 Å². The molecule has 0 saturated carbocycles. The molecule has 0 radical (unpaired) electrons. The maximum atomic E-state index is 11.4. The molecule has 1 aromatic carbocycles. The van der Waals surface area contributed by atoms with Crippen LogP contribution in [0.4, 0.5) is 0 Å². The summed E-state index contributed by atoms with van der Waals surface area (Å²) in [6, 6.07) is 5.11. The number of hydrogen-bond donors (Lipinski definition) is 1.